The molecule has 0 N–H and O–H groups in total. The zero-order valence-corrected chi connectivity index (χ0v) is 12.1. The highest BCUT2D eigenvalue weighted by Gasteiger charge is 2.14. The smallest absolute Gasteiger partial charge is 0.125 e. The summed E-state index contributed by atoms with van der Waals surface area (Å²) in [6.45, 7) is 7.38. The van der Waals surface area contributed by atoms with Gasteiger partial charge in [-0.05, 0) is 24.8 Å². The second-order valence-corrected chi connectivity index (χ2v) is 5.08. The fourth-order valence-electron chi connectivity index (χ4n) is 1.95. The second kappa shape index (κ2) is 8.15. The van der Waals surface area contributed by atoms with E-state index in [0.29, 0.717) is 5.92 Å². The van der Waals surface area contributed by atoms with E-state index < -0.39 is 0 Å². The van der Waals surface area contributed by atoms with Crippen molar-refractivity contribution >= 4 is 0 Å². The third-order valence-electron chi connectivity index (χ3n) is 3.05. The largest absolute Gasteiger partial charge is 0.493 e. The number of benzene rings is 1. The molecule has 102 valence electrons. The van der Waals surface area contributed by atoms with Gasteiger partial charge in [-0.25, -0.2) is 0 Å². The summed E-state index contributed by atoms with van der Waals surface area (Å²) in [6, 6.07) is 8.21. The van der Waals surface area contributed by atoms with Crippen LogP contribution in [0.15, 0.2) is 24.3 Å². The molecule has 2 heteroatoms. The monoisotopic (exact) mass is 250 g/mol. The zero-order chi connectivity index (χ0) is 13.4. The van der Waals surface area contributed by atoms with Crippen LogP contribution in [0.2, 0.25) is 0 Å². The van der Waals surface area contributed by atoms with Crippen LogP contribution in [0.1, 0.15) is 51.7 Å². The van der Waals surface area contributed by atoms with E-state index in [1.165, 1.54) is 5.56 Å². The molecule has 18 heavy (non-hydrogen) atoms. The summed E-state index contributed by atoms with van der Waals surface area (Å²) in [5.41, 5.74) is 1.17. The van der Waals surface area contributed by atoms with Gasteiger partial charge in [-0.15, -0.1) is 0 Å². The summed E-state index contributed by atoms with van der Waals surface area (Å²) in [7, 11) is 1.77. The van der Waals surface area contributed by atoms with Gasteiger partial charge in [-0.1, -0.05) is 45.4 Å². The van der Waals surface area contributed by atoms with Crippen molar-refractivity contribution in [3.63, 3.8) is 0 Å². The van der Waals surface area contributed by atoms with Crippen LogP contribution in [0, 0.1) is 5.92 Å². The molecular formula is C16H26O2. The average Bonchev–Trinajstić information content (AvgIpc) is 2.36. The minimum absolute atomic E-state index is 0.144. The summed E-state index contributed by atoms with van der Waals surface area (Å²) >= 11 is 0. The van der Waals surface area contributed by atoms with Crippen LogP contribution in [0.5, 0.6) is 5.75 Å². The molecule has 2 nitrogen and oxygen atoms in total. The van der Waals surface area contributed by atoms with Gasteiger partial charge in [-0.2, -0.15) is 0 Å². The maximum absolute atomic E-state index is 5.90. The fraction of sp³-hybridized carbons (Fsp3) is 0.625. The summed E-state index contributed by atoms with van der Waals surface area (Å²) in [4.78, 5) is 0. The predicted molar refractivity (Wildman–Crippen MR) is 76.1 cm³/mol. The van der Waals surface area contributed by atoms with E-state index in [-0.39, 0.29) is 6.10 Å². The molecule has 1 unspecified atom stereocenters. The van der Waals surface area contributed by atoms with Crippen molar-refractivity contribution in [2.24, 2.45) is 5.92 Å². The van der Waals surface area contributed by atoms with Gasteiger partial charge < -0.3 is 9.47 Å². The third-order valence-corrected chi connectivity index (χ3v) is 3.05. The Hall–Kier alpha value is -1.02. The lowest BCUT2D eigenvalue weighted by Crippen LogP contribution is -2.07. The van der Waals surface area contributed by atoms with Crippen LogP contribution < -0.4 is 4.74 Å². The lowest BCUT2D eigenvalue weighted by molar-refractivity contribution is 0.0916. The maximum atomic E-state index is 5.90. The van der Waals surface area contributed by atoms with Crippen molar-refractivity contribution in [3.8, 4) is 5.75 Å². The Balaban J connectivity index is 2.71. The Morgan fingerprint density at radius 2 is 1.83 bits per heavy atom. The molecule has 0 spiro atoms. The Labute approximate surface area is 111 Å². The molecule has 0 bridgehead atoms. The highest BCUT2D eigenvalue weighted by molar-refractivity contribution is 5.35. The van der Waals surface area contributed by atoms with Gasteiger partial charge in [0.05, 0.1) is 12.7 Å². The number of hydrogen-bond acceptors (Lipinski definition) is 2. The van der Waals surface area contributed by atoms with Gasteiger partial charge in [-0.3, -0.25) is 0 Å². The van der Waals surface area contributed by atoms with E-state index in [1.54, 1.807) is 7.11 Å². The lowest BCUT2D eigenvalue weighted by Gasteiger charge is -2.19. The van der Waals surface area contributed by atoms with Crippen molar-refractivity contribution in [1.82, 2.24) is 0 Å². The lowest BCUT2D eigenvalue weighted by atomic mass is 10.0. The topological polar surface area (TPSA) is 18.5 Å². The molecule has 0 saturated heterocycles. The number of para-hydroxylation sites is 1. The first kappa shape index (κ1) is 15.0. The molecule has 1 aromatic rings. The Bertz CT molecular complexity index is 334. The number of hydrogen-bond donors (Lipinski definition) is 0. The van der Waals surface area contributed by atoms with E-state index in [0.717, 1.165) is 31.6 Å². The summed E-state index contributed by atoms with van der Waals surface area (Å²) < 4.78 is 11.5. The molecule has 1 atom stereocenters. The summed E-state index contributed by atoms with van der Waals surface area (Å²) in [5.74, 6) is 1.64. The third kappa shape index (κ3) is 4.69. The Morgan fingerprint density at radius 3 is 2.44 bits per heavy atom. The maximum Gasteiger partial charge on any atom is 0.125 e. The number of rotatable bonds is 8. The average molecular weight is 250 g/mol. The van der Waals surface area contributed by atoms with Gasteiger partial charge >= 0.3 is 0 Å². The molecule has 1 rings (SSSR count). The van der Waals surface area contributed by atoms with Crippen LogP contribution in [0.25, 0.3) is 0 Å². The van der Waals surface area contributed by atoms with Crippen molar-refractivity contribution in [2.45, 2.75) is 46.1 Å². The van der Waals surface area contributed by atoms with Crippen LogP contribution in [-0.2, 0) is 4.74 Å². The van der Waals surface area contributed by atoms with Crippen LogP contribution in [0.4, 0.5) is 0 Å². The Morgan fingerprint density at radius 1 is 1.11 bits per heavy atom. The molecule has 0 aliphatic carbocycles. The van der Waals surface area contributed by atoms with Crippen molar-refractivity contribution < 1.29 is 9.47 Å². The zero-order valence-electron chi connectivity index (χ0n) is 12.1. The van der Waals surface area contributed by atoms with Crippen LogP contribution >= 0.6 is 0 Å². The van der Waals surface area contributed by atoms with E-state index in [1.807, 2.05) is 18.2 Å². The van der Waals surface area contributed by atoms with E-state index in [9.17, 15) is 0 Å². The minimum Gasteiger partial charge on any atom is -0.493 e. The predicted octanol–water partition coefficient (Wildman–Crippen LogP) is 4.60. The van der Waals surface area contributed by atoms with Crippen molar-refractivity contribution in [2.75, 3.05) is 13.7 Å². The molecule has 0 heterocycles. The van der Waals surface area contributed by atoms with Gasteiger partial charge in [0.1, 0.15) is 5.75 Å². The highest BCUT2D eigenvalue weighted by Crippen LogP contribution is 2.30. The van der Waals surface area contributed by atoms with E-state index >= 15 is 0 Å². The normalized spacial score (nSPS) is 12.7. The van der Waals surface area contributed by atoms with Gasteiger partial charge in [0.2, 0.25) is 0 Å². The minimum atomic E-state index is 0.144. The standard InChI is InChI=1S/C16H26O2/c1-5-8-15(17-4)14-9-6-7-10-16(14)18-12-11-13(2)3/h6-7,9-10,13,15H,5,8,11-12H2,1-4H3. The van der Waals surface area contributed by atoms with Gasteiger partial charge in [0.15, 0.2) is 0 Å². The summed E-state index contributed by atoms with van der Waals surface area (Å²) in [5, 5.41) is 0. The van der Waals surface area contributed by atoms with E-state index in [2.05, 4.69) is 26.8 Å². The molecule has 1 aromatic carbocycles. The molecule has 0 aliphatic rings. The number of ether oxygens (including phenoxy) is 2. The summed E-state index contributed by atoms with van der Waals surface area (Å²) in [6.07, 6.45) is 3.37. The number of methoxy groups -OCH3 is 1. The molecule has 0 radical (unpaired) electrons. The van der Waals surface area contributed by atoms with Crippen molar-refractivity contribution in [3.05, 3.63) is 29.8 Å². The SMILES string of the molecule is CCCC(OC)c1ccccc1OCCC(C)C. The molecule has 0 fully saturated rings. The van der Waals surface area contributed by atoms with Crippen LogP contribution in [0.3, 0.4) is 0 Å². The molecule has 0 aromatic heterocycles. The highest BCUT2D eigenvalue weighted by atomic mass is 16.5. The van der Waals surface area contributed by atoms with Gasteiger partial charge in [0, 0.05) is 12.7 Å². The fourth-order valence-corrected chi connectivity index (χ4v) is 1.95. The van der Waals surface area contributed by atoms with Gasteiger partial charge in [0.25, 0.3) is 0 Å². The molecule has 0 saturated carbocycles. The molecular weight excluding hydrogens is 224 g/mol. The van der Waals surface area contributed by atoms with E-state index in [4.69, 9.17) is 9.47 Å². The quantitative estimate of drug-likeness (QED) is 0.671. The van der Waals surface area contributed by atoms with Crippen LogP contribution in [-0.4, -0.2) is 13.7 Å². The molecule has 0 amide bonds. The molecule has 0 aliphatic heterocycles. The Kier molecular flexibility index (Phi) is 6.81. The van der Waals surface area contributed by atoms with Crippen molar-refractivity contribution in [1.29, 1.82) is 0 Å². The first-order valence-corrected chi connectivity index (χ1v) is 6.93. The first-order chi connectivity index (χ1) is 8.69. The second-order valence-electron chi connectivity index (χ2n) is 5.08. The first-order valence-electron chi connectivity index (χ1n) is 6.93.